The number of benzene rings is 1. The normalized spacial score (nSPS) is 10.9. The van der Waals surface area contributed by atoms with Gasteiger partial charge in [-0.25, -0.2) is 4.39 Å². The molecule has 18 heavy (non-hydrogen) atoms. The molecule has 0 aliphatic heterocycles. The Morgan fingerprint density at radius 1 is 1.22 bits per heavy atom. The summed E-state index contributed by atoms with van der Waals surface area (Å²) in [4.78, 5) is 12.7. The van der Waals surface area contributed by atoms with Crippen LogP contribution >= 0.6 is 11.3 Å². The van der Waals surface area contributed by atoms with Crippen molar-refractivity contribution in [1.82, 2.24) is 4.57 Å². The Balaban J connectivity index is 1.96. The lowest BCUT2D eigenvalue weighted by molar-refractivity contribution is 0.0977. The topological polar surface area (TPSA) is 22.0 Å². The minimum Gasteiger partial charge on any atom is -0.340 e. The molecule has 0 saturated heterocycles. The second-order valence-corrected chi connectivity index (χ2v) is 4.96. The number of ketones is 1. The lowest BCUT2D eigenvalue weighted by Gasteiger charge is -2.03. The summed E-state index contributed by atoms with van der Waals surface area (Å²) in [5, 5.41) is 2.43. The van der Waals surface area contributed by atoms with Gasteiger partial charge >= 0.3 is 0 Å². The van der Waals surface area contributed by atoms with E-state index in [9.17, 15) is 9.18 Å². The van der Waals surface area contributed by atoms with Crippen molar-refractivity contribution in [1.29, 1.82) is 0 Å². The summed E-state index contributed by atoms with van der Waals surface area (Å²) in [6, 6.07) is 10.3. The van der Waals surface area contributed by atoms with Crippen LogP contribution in [0, 0.1) is 5.82 Å². The van der Waals surface area contributed by atoms with Gasteiger partial charge in [0.2, 0.25) is 0 Å². The van der Waals surface area contributed by atoms with Gasteiger partial charge in [0.1, 0.15) is 5.82 Å². The fourth-order valence-electron chi connectivity index (χ4n) is 1.99. The van der Waals surface area contributed by atoms with Crippen LogP contribution in [0.25, 0.3) is 10.9 Å². The first-order chi connectivity index (χ1) is 8.75. The van der Waals surface area contributed by atoms with E-state index >= 15 is 0 Å². The molecule has 3 aromatic rings. The Bertz CT molecular complexity index is 700. The zero-order valence-corrected chi connectivity index (χ0v) is 10.3. The van der Waals surface area contributed by atoms with Crippen molar-refractivity contribution in [3.8, 4) is 0 Å². The number of rotatable bonds is 3. The van der Waals surface area contributed by atoms with Gasteiger partial charge in [0, 0.05) is 11.6 Å². The fourth-order valence-corrected chi connectivity index (χ4v) is 2.65. The molecule has 0 saturated carbocycles. The molecular formula is C14H10FNOS. The van der Waals surface area contributed by atoms with Crippen LogP contribution in [0.5, 0.6) is 0 Å². The number of fused-ring (bicyclic) bond motifs is 1. The van der Waals surface area contributed by atoms with Crippen LogP contribution in [-0.2, 0) is 6.54 Å². The summed E-state index contributed by atoms with van der Waals surface area (Å²) in [7, 11) is 0. The summed E-state index contributed by atoms with van der Waals surface area (Å²) < 4.78 is 15.3. The Hall–Kier alpha value is -1.94. The molecule has 4 heteroatoms. The van der Waals surface area contributed by atoms with Gasteiger partial charge in [-0.2, -0.15) is 0 Å². The second-order valence-electron chi connectivity index (χ2n) is 4.02. The number of hydrogen-bond acceptors (Lipinski definition) is 2. The Labute approximate surface area is 107 Å². The van der Waals surface area contributed by atoms with Gasteiger partial charge in [-0.05, 0) is 29.6 Å². The molecule has 2 nitrogen and oxygen atoms in total. The smallest absolute Gasteiger partial charge is 0.192 e. The number of carbonyl (C=O) groups is 1. The molecule has 3 rings (SSSR count). The maximum atomic E-state index is 13.5. The molecule has 1 aromatic carbocycles. The molecule has 0 unspecified atom stereocenters. The number of Topliss-reactive ketones (excluding diaryl/α,β-unsaturated/α-hetero) is 1. The highest BCUT2D eigenvalue weighted by molar-refractivity contribution is 7.12. The van der Waals surface area contributed by atoms with Crippen molar-refractivity contribution >= 4 is 28.0 Å². The van der Waals surface area contributed by atoms with Crippen LogP contribution in [0.3, 0.4) is 0 Å². The van der Waals surface area contributed by atoms with Gasteiger partial charge in [0.05, 0.1) is 16.9 Å². The van der Waals surface area contributed by atoms with Crippen molar-refractivity contribution in [3.63, 3.8) is 0 Å². The van der Waals surface area contributed by atoms with Gasteiger partial charge in [0.25, 0.3) is 0 Å². The van der Waals surface area contributed by atoms with E-state index in [0.717, 1.165) is 10.4 Å². The van der Waals surface area contributed by atoms with Gasteiger partial charge in [-0.3, -0.25) is 4.79 Å². The maximum Gasteiger partial charge on any atom is 0.192 e. The molecule has 0 radical (unpaired) electrons. The molecule has 2 heterocycles. The lowest BCUT2D eigenvalue weighted by atomic mass is 10.2. The first-order valence-corrected chi connectivity index (χ1v) is 6.44. The van der Waals surface area contributed by atoms with Gasteiger partial charge in [-0.1, -0.05) is 12.1 Å². The van der Waals surface area contributed by atoms with E-state index in [4.69, 9.17) is 0 Å². The molecule has 0 bridgehead atoms. The molecule has 0 spiro atoms. The van der Waals surface area contributed by atoms with Crippen LogP contribution in [0.2, 0.25) is 0 Å². The van der Waals surface area contributed by atoms with Crippen LogP contribution in [0.4, 0.5) is 4.39 Å². The molecule has 0 aliphatic carbocycles. The lowest BCUT2D eigenvalue weighted by Crippen LogP contribution is -2.07. The van der Waals surface area contributed by atoms with E-state index in [-0.39, 0.29) is 18.1 Å². The summed E-state index contributed by atoms with van der Waals surface area (Å²) in [6.07, 6.45) is 1.75. The van der Waals surface area contributed by atoms with Crippen LogP contribution < -0.4 is 0 Å². The standard InChI is InChI=1S/C14H10FNOS/c15-11-3-1-4-12-10(11)6-7-16(12)9-13(17)14-5-2-8-18-14/h1-8H,9H2. The minimum atomic E-state index is -0.255. The predicted octanol–water partition coefficient (Wildman–Crippen LogP) is 3.72. The highest BCUT2D eigenvalue weighted by atomic mass is 32.1. The zero-order chi connectivity index (χ0) is 12.5. The average Bonchev–Trinajstić information content (AvgIpc) is 2.99. The minimum absolute atomic E-state index is 0.0479. The summed E-state index contributed by atoms with van der Waals surface area (Å²) in [5.41, 5.74) is 0.750. The third-order valence-electron chi connectivity index (χ3n) is 2.87. The van der Waals surface area contributed by atoms with Crippen molar-refractivity contribution in [2.24, 2.45) is 0 Å². The van der Waals surface area contributed by atoms with Crippen LogP contribution in [0.15, 0.2) is 48.0 Å². The number of thiophene rings is 1. The molecule has 0 N–H and O–H groups in total. The molecule has 0 atom stereocenters. The molecule has 90 valence electrons. The third-order valence-corrected chi connectivity index (χ3v) is 3.78. The van der Waals surface area contributed by atoms with E-state index in [2.05, 4.69) is 0 Å². The first kappa shape index (κ1) is 11.2. The number of carbonyl (C=O) groups excluding carboxylic acids is 1. The van der Waals surface area contributed by atoms with E-state index < -0.39 is 0 Å². The maximum absolute atomic E-state index is 13.5. The summed E-state index contributed by atoms with van der Waals surface area (Å²) >= 11 is 1.42. The first-order valence-electron chi connectivity index (χ1n) is 5.56. The largest absolute Gasteiger partial charge is 0.340 e. The van der Waals surface area contributed by atoms with E-state index in [1.54, 1.807) is 29.0 Å². The Morgan fingerprint density at radius 3 is 2.89 bits per heavy atom. The van der Waals surface area contributed by atoms with E-state index in [0.29, 0.717) is 5.39 Å². The zero-order valence-electron chi connectivity index (χ0n) is 9.47. The predicted molar refractivity (Wildman–Crippen MR) is 70.5 cm³/mol. The summed E-state index contributed by atoms with van der Waals surface area (Å²) in [5.74, 6) is -0.207. The Morgan fingerprint density at radius 2 is 2.11 bits per heavy atom. The molecule has 0 fully saturated rings. The SMILES string of the molecule is O=C(Cn1ccc2c(F)cccc21)c1cccs1. The van der Waals surface area contributed by atoms with Gasteiger partial charge in [-0.15, -0.1) is 11.3 Å². The summed E-state index contributed by atoms with van der Waals surface area (Å²) in [6.45, 7) is 0.244. The monoisotopic (exact) mass is 259 g/mol. The van der Waals surface area contributed by atoms with E-state index in [1.165, 1.54) is 17.4 Å². The Kier molecular flexibility index (Phi) is 2.72. The molecular weight excluding hydrogens is 249 g/mol. The molecule has 0 aliphatic rings. The molecule has 0 amide bonds. The highest BCUT2D eigenvalue weighted by Crippen LogP contribution is 2.20. The number of aromatic nitrogens is 1. The van der Waals surface area contributed by atoms with Crippen molar-refractivity contribution in [2.45, 2.75) is 6.54 Å². The van der Waals surface area contributed by atoms with Crippen LogP contribution in [0.1, 0.15) is 9.67 Å². The highest BCUT2D eigenvalue weighted by Gasteiger charge is 2.10. The quantitative estimate of drug-likeness (QED) is 0.657. The van der Waals surface area contributed by atoms with Gasteiger partial charge < -0.3 is 4.57 Å². The fraction of sp³-hybridized carbons (Fsp3) is 0.0714. The third kappa shape index (κ3) is 1.84. The molecule has 2 aromatic heterocycles. The average molecular weight is 259 g/mol. The van der Waals surface area contributed by atoms with Crippen molar-refractivity contribution in [2.75, 3.05) is 0 Å². The number of nitrogens with zero attached hydrogens (tertiary/aromatic N) is 1. The van der Waals surface area contributed by atoms with E-state index in [1.807, 2.05) is 17.5 Å². The van der Waals surface area contributed by atoms with Crippen molar-refractivity contribution in [3.05, 3.63) is 58.7 Å². The number of hydrogen-bond donors (Lipinski definition) is 0. The van der Waals surface area contributed by atoms with Crippen LogP contribution in [-0.4, -0.2) is 10.4 Å². The second kappa shape index (κ2) is 4.38. The van der Waals surface area contributed by atoms with Gasteiger partial charge in [0.15, 0.2) is 5.78 Å². The number of halogens is 1. The van der Waals surface area contributed by atoms with Crippen molar-refractivity contribution < 1.29 is 9.18 Å².